The minimum atomic E-state index is -3.58. The smallest absolute Gasteiger partial charge is 0.206 e. The van der Waals surface area contributed by atoms with Gasteiger partial charge in [0.1, 0.15) is 9.84 Å². The highest BCUT2D eigenvalue weighted by Crippen LogP contribution is 2.31. The molecule has 0 atom stereocenters. The first-order valence-corrected chi connectivity index (χ1v) is 16.3. The van der Waals surface area contributed by atoms with Gasteiger partial charge >= 0.3 is 0 Å². The summed E-state index contributed by atoms with van der Waals surface area (Å²) in [6.07, 6.45) is 8.88. The second kappa shape index (κ2) is 11.6. The van der Waals surface area contributed by atoms with Gasteiger partial charge in [-0.15, -0.1) is 0 Å². The lowest BCUT2D eigenvalue weighted by Crippen LogP contribution is -2.22. The molecule has 0 radical (unpaired) electrons. The predicted octanol–water partition coefficient (Wildman–Crippen LogP) is 4.78. The third-order valence-corrected chi connectivity index (χ3v) is 9.33. The van der Waals surface area contributed by atoms with Gasteiger partial charge in [0.25, 0.3) is 0 Å². The van der Waals surface area contributed by atoms with Crippen LogP contribution >= 0.6 is 0 Å². The van der Waals surface area contributed by atoms with Gasteiger partial charge in [-0.3, -0.25) is 4.98 Å². The van der Waals surface area contributed by atoms with Crippen LogP contribution in [0.5, 0.6) is 0 Å². The first-order valence-electron chi connectivity index (χ1n) is 12.8. The third-order valence-electron chi connectivity index (χ3n) is 6.60. The van der Waals surface area contributed by atoms with Crippen molar-refractivity contribution in [2.24, 2.45) is 0 Å². The van der Waals surface area contributed by atoms with Gasteiger partial charge in [-0.2, -0.15) is 0 Å². The lowest BCUT2D eigenvalue weighted by molar-refractivity contribution is 0.594. The summed E-state index contributed by atoms with van der Waals surface area (Å²) in [6, 6.07) is 23.3. The molecule has 0 fully saturated rings. The zero-order valence-corrected chi connectivity index (χ0v) is 23.6. The normalized spacial score (nSPS) is 13.2. The van der Waals surface area contributed by atoms with E-state index in [0.29, 0.717) is 19.6 Å². The van der Waals surface area contributed by atoms with Crippen LogP contribution in [-0.2, 0) is 32.8 Å². The summed E-state index contributed by atoms with van der Waals surface area (Å²) in [5.74, 6) is 0.116. The van der Waals surface area contributed by atoms with E-state index in [1.807, 2.05) is 42.7 Å². The van der Waals surface area contributed by atoms with Crippen LogP contribution in [0.1, 0.15) is 16.7 Å². The van der Waals surface area contributed by atoms with Crippen molar-refractivity contribution in [3.05, 3.63) is 114 Å². The molecule has 5 rings (SSSR count). The fourth-order valence-corrected chi connectivity index (χ4v) is 6.20. The minimum absolute atomic E-state index is 0.116. The molecule has 8 nitrogen and oxygen atoms in total. The summed E-state index contributed by atoms with van der Waals surface area (Å²) < 4.78 is 48.4. The predicted molar refractivity (Wildman–Crippen MR) is 159 cm³/mol. The van der Waals surface area contributed by atoms with E-state index >= 15 is 0 Å². The molecule has 0 bridgehead atoms. The number of nitrogens with one attached hydrogen (secondary N) is 2. The Bertz CT molecular complexity index is 1720. The average molecular weight is 575 g/mol. The lowest BCUT2D eigenvalue weighted by atomic mass is 10.0. The first-order chi connectivity index (χ1) is 19.2. The topological polar surface area (TPSA) is 108 Å². The molecule has 4 aromatic rings. The lowest BCUT2D eigenvalue weighted by Gasteiger charge is -2.27. The van der Waals surface area contributed by atoms with Crippen molar-refractivity contribution in [2.75, 3.05) is 28.8 Å². The maximum Gasteiger partial charge on any atom is 0.206 e. The molecule has 1 aromatic heterocycles. The fourth-order valence-electron chi connectivity index (χ4n) is 4.41. The molecule has 10 heteroatoms. The standard InChI is InChI=1S/C30H30N4O4S2/c1-39(35,36)18-16-31-19-23-7-11-26(12-8-23)34-17-15-24-20-32-21-30(29(24)22-34)33-25-9-13-28(14-10-25)40(37,38)27-5-3-2-4-6-27/h2-15,17,20-21,31,33H,16,18-19,22H2,1H3. The van der Waals surface area contributed by atoms with Crippen molar-refractivity contribution in [1.29, 1.82) is 0 Å². The number of anilines is 3. The minimum Gasteiger partial charge on any atom is -0.354 e. The Labute approximate surface area is 235 Å². The molecule has 0 spiro atoms. The van der Waals surface area contributed by atoms with Gasteiger partial charge in [0.05, 0.1) is 34.0 Å². The van der Waals surface area contributed by atoms with Gasteiger partial charge in [-0.05, 0) is 60.2 Å². The van der Waals surface area contributed by atoms with Crippen LogP contribution in [0.25, 0.3) is 6.08 Å². The highest BCUT2D eigenvalue weighted by molar-refractivity contribution is 7.91. The van der Waals surface area contributed by atoms with Crippen LogP contribution < -0.4 is 15.5 Å². The van der Waals surface area contributed by atoms with Crippen molar-refractivity contribution in [2.45, 2.75) is 22.9 Å². The number of pyridine rings is 1. The molecule has 0 amide bonds. The van der Waals surface area contributed by atoms with Crippen molar-refractivity contribution >= 4 is 42.8 Å². The molecule has 0 unspecified atom stereocenters. The summed E-state index contributed by atoms with van der Waals surface area (Å²) in [6.45, 7) is 1.64. The molecule has 2 N–H and O–H groups in total. The highest BCUT2D eigenvalue weighted by Gasteiger charge is 2.19. The summed E-state index contributed by atoms with van der Waals surface area (Å²) in [5, 5.41) is 6.57. The van der Waals surface area contributed by atoms with Crippen molar-refractivity contribution < 1.29 is 16.8 Å². The van der Waals surface area contributed by atoms with E-state index in [2.05, 4.69) is 20.5 Å². The highest BCUT2D eigenvalue weighted by atomic mass is 32.2. The molecule has 0 saturated carbocycles. The van der Waals surface area contributed by atoms with E-state index in [4.69, 9.17) is 0 Å². The summed E-state index contributed by atoms with van der Waals surface area (Å²) in [4.78, 5) is 7.02. The van der Waals surface area contributed by atoms with E-state index in [9.17, 15) is 16.8 Å². The van der Waals surface area contributed by atoms with Crippen molar-refractivity contribution in [1.82, 2.24) is 10.3 Å². The van der Waals surface area contributed by atoms with Gasteiger partial charge in [0, 0.05) is 54.2 Å². The number of fused-ring (bicyclic) bond motifs is 1. The molecule has 2 heterocycles. The van der Waals surface area contributed by atoms with E-state index < -0.39 is 19.7 Å². The Morgan fingerprint density at radius 1 is 0.850 bits per heavy atom. The van der Waals surface area contributed by atoms with Gasteiger partial charge in [-0.1, -0.05) is 30.3 Å². The zero-order valence-electron chi connectivity index (χ0n) is 22.0. The molecule has 0 saturated heterocycles. The second-order valence-electron chi connectivity index (χ2n) is 9.64. The molecule has 206 valence electrons. The number of hydrogen-bond acceptors (Lipinski definition) is 8. The van der Waals surface area contributed by atoms with E-state index in [1.54, 1.807) is 60.8 Å². The summed E-state index contributed by atoms with van der Waals surface area (Å²) >= 11 is 0. The molecular formula is C30H30N4O4S2. The van der Waals surface area contributed by atoms with Gasteiger partial charge in [-0.25, -0.2) is 16.8 Å². The maximum atomic E-state index is 12.9. The monoisotopic (exact) mass is 574 g/mol. The Kier molecular flexibility index (Phi) is 8.02. The first kappa shape index (κ1) is 27.6. The summed E-state index contributed by atoms with van der Waals surface area (Å²) in [7, 11) is -6.56. The largest absolute Gasteiger partial charge is 0.354 e. The number of sulfone groups is 2. The van der Waals surface area contributed by atoms with Gasteiger partial charge < -0.3 is 15.5 Å². The third kappa shape index (κ3) is 6.59. The molecule has 1 aliphatic rings. The van der Waals surface area contributed by atoms with Crippen LogP contribution in [0.3, 0.4) is 0 Å². The van der Waals surface area contributed by atoms with E-state index in [0.717, 1.165) is 33.8 Å². The van der Waals surface area contributed by atoms with Crippen molar-refractivity contribution in [3.63, 3.8) is 0 Å². The van der Waals surface area contributed by atoms with Crippen LogP contribution in [0.4, 0.5) is 17.1 Å². The molecular weight excluding hydrogens is 544 g/mol. The summed E-state index contributed by atoms with van der Waals surface area (Å²) in [5.41, 5.74) is 5.79. The molecule has 40 heavy (non-hydrogen) atoms. The van der Waals surface area contributed by atoms with E-state index in [-0.39, 0.29) is 15.5 Å². The van der Waals surface area contributed by atoms with Crippen LogP contribution in [0, 0.1) is 0 Å². The number of nitrogens with zero attached hydrogens (tertiary/aromatic N) is 2. The number of hydrogen-bond donors (Lipinski definition) is 2. The molecule has 1 aliphatic heterocycles. The van der Waals surface area contributed by atoms with Crippen LogP contribution in [-0.4, -0.2) is 40.4 Å². The maximum absolute atomic E-state index is 12.9. The Morgan fingerprint density at radius 2 is 1.55 bits per heavy atom. The Morgan fingerprint density at radius 3 is 2.25 bits per heavy atom. The Hall–Kier alpha value is -3.99. The Balaban J connectivity index is 1.27. The quantitative estimate of drug-likeness (QED) is 0.261. The number of rotatable bonds is 10. The number of benzene rings is 3. The second-order valence-corrected chi connectivity index (χ2v) is 13.8. The van der Waals surface area contributed by atoms with Crippen molar-refractivity contribution in [3.8, 4) is 0 Å². The van der Waals surface area contributed by atoms with Gasteiger partial charge in [0.15, 0.2) is 0 Å². The fraction of sp³-hybridized carbons (Fsp3) is 0.167. The van der Waals surface area contributed by atoms with Crippen LogP contribution in [0.15, 0.2) is 107 Å². The average Bonchev–Trinajstić information content (AvgIpc) is 2.96. The molecule has 0 aliphatic carbocycles. The zero-order chi connectivity index (χ0) is 28.2. The molecule has 3 aromatic carbocycles. The van der Waals surface area contributed by atoms with Crippen LogP contribution in [0.2, 0.25) is 0 Å². The SMILES string of the molecule is CS(=O)(=O)CCNCc1ccc(N2C=Cc3cncc(Nc4ccc(S(=O)(=O)c5ccccc5)cc4)c3C2)cc1. The number of aromatic nitrogens is 1. The van der Waals surface area contributed by atoms with E-state index in [1.165, 1.54) is 6.26 Å². The van der Waals surface area contributed by atoms with Gasteiger partial charge in [0.2, 0.25) is 9.84 Å².